The molecule has 1 saturated heterocycles. The number of benzene rings is 3. The molecule has 0 radical (unpaired) electrons. The fraction of sp³-hybridized carbons (Fsp3) is 0. The van der Waals surface area contributed by atoms with Crippen molar-refractivity contribution in [3.63, 3.8) is 0 Å². The molecule has 30 heavy (non-hydrogen) atoms. The van der Waals surface area contributed by atoms with Crippen LogP contribution < -0.4 is 16.4 Å². The van der Waals surface area contributed by atoms with E-state index in [2.05, 4.69) is 0 Å². The summed E-state index contributed by atoms with van der Waals surface area (Å²) in [5.74, 6) is -2.12. The molecule has 0 aliphatic carbocycles. The quantitative estimate of drug-likeness (QED) is 0.607. The van der Waals surface area contributed by atoms with E-state index in [9.17, 15) is 19.8 Å². The van der Waals surface area contributed by atoms with Gasteiger partial charge in [0, 0.05) is 0 Å². The van der Waals surface area contributed by atoms with Crippen LogP contribution in [0.5, 0.6) is 0 Å². The van der Waals surface area contributed by atoms with Crippen molar-refractivity contribution >= 4 is 49.7 Å². The molecule has 2 N–H and O–H groups in total. The molecule has 0 aromatic heterocycles. The first-order chi connectivity index (χ1) is 14.5. The summed E-state index contributed by atoms with van der Waals surface area (Å²) in [6.45, 7) is 0. The Morgan fingerprint density at radius 2 is 0.967 bits per heavy atom. The van der Waals surface area contributed by atoms with Gasteiger partial charge in [0.05, 0.1) is 11.1 Å². The van der Waals surface area contributed by atoms with Gasteiger partial charge in [-0.1, -0.05) is 54.6 Å². The van der Waals surface area contributed by atoms with Crippen LogP contribution in [-0.2, 0) is 13.7 Å². The maximum absolute atomic E-state index is 11.3. The fourth-order valence-corrected chi connectivity index (χ4v) is 3.15. The molecule has 0 amide bonds. The molecule has 1 fully saturated rings. The number of carbonyl (C=O) groups is 2. The van der Waals surface area contributed by atoms with Gasteiger partial charge >= 0.3 is 33.3 Å². The second-order valence-corrected chi connectivity index (χ2v) is 6.68. The third-order valence-electron chi connectivity index (χ3n) is 4.62. The summed E-state index contributed by atoms with van der Waals surface area (Å²) in [6, 6.07) is 21.8. The van der Waals surface area contributed by atoms with Gasteiger partial charge < -0.3 is 23.9 Å². The summed E-state index contributed by atoms with van der Waals surface area (Å²) in [7, 11) is -2.62. The van der Waals surface area contributed by atoms with Crippen molar-refractivity contribution in [2.45, 2.75) is 0 Å². The van der Waals surface area contributed by atoms with E-state index in [1.807, 2.05) is 30.3 Å². The third-order valence-corrected chi connectivity index (χ3v) is 4.62. The second kappa shape index (κ2) is 8.58. The highest BCUT2D eigenvalue weighted by Gasteiger charge is 2.43. The topological polar surface area (TPSA) is 102 Å². The van der Waals surface area contributed by atoms with Gasteiger partial charge in [0.1, 0.15) is 0 Å². The maximum Gasteiger partial charge on any atom is 0.467 e. The summed E-state index contributed by atoms with van der Waals surface area (Å²) in [5, 5.41) is 18.6. The van der Waals surface area contributed by atoms with Gasteiger partial charge in [-0.05, 0) is 40.7 Å². The van der Waals surface area contributed by atoms with Crippen LogP contribution in [0.15, 0.2) is 78.9 Å². The van der Waals surface area contributed by atoms with E-state index in [1.54, 1.807) is 24.3 Å². The fourth-order valence-electron chi connectivity index (χ4n) is 3.15. The molecule has 0 bridgehead atoms. The lowest BCUT2D eigenvalue weighted by Crippen LogP contribution is -2.61. The first-order valence-electron chi connectivity index (χ1n) is 9.19. The zero-order valence-corrected chi connectivity index (χ0v) is 15.7. The van der Waals surface area contributed by atoms with E-state index in [1.165, 1.54) is 24.3 Å². The number of hydrogen-bond donors (Lipinski definition) is 2. The van der Waals surface area contributed by atoms with Crippen molar-refractivity contribution in [1.29, 1.82) is 0 Å². The Labute approximate surface area is 173 Å². The molecule has 0 atom stereocenters. The van der Waals surface area contributed by atoms with E-state index >= 15 is 0 Å². The van der Waals surface area contributed by atoms with Gasteiger partial charge in [-0.15, -0.1) is 0 Å². The predicted octanol–water partition coefficient (Wildman–Crippen LogP) is 0.632. The van der Waals surface area contributed by atoms with Gasteiger partial charge in [0.2, 0.25) is 0 Å². The van der Waals surface area contributed by atoms with E-state index in [0.717, 1.165) is 5.46 Å². The van der Waals surface area contributed by atoms with Gasteiger partial charge in [0.15, 0.2) is 0 Å². The van der Waals surface area contributed by atoms with Crippen LogP contribution in [0.2, 0.25) is 0 Å². The summed E-state index contributed by atoms with van der Waals surface area (Å²) in [6.07, 6.45) is 0. The Balaban J connectivity index is 1.70. The molecule has 1 aliphatic heterocycles. The van der Waals surface area contributed by atoms with Crippen molar-refractivity contribution < 1.29 is 33.5 Å². The lowest BCUT2D eigenvalue weighted by molar-refractivity contribution is 0.0686. The van der Waals surface area contributed by atoms with Gasteiger partial charge in [-0.2, -0.15) is 0 Å². The predicted molar refractivity (Wildman–Crippen MR) is 113 cm³/mol. The monoisotopic (exact) mass is 400 g/mol. The molecule has 0 unspecified atom stereocenters. The molecule has 1 aliphatic rings. The van der Waals surface area contributed by atoms with Crippen molar-refractivity contribution in [1.82, 2.24) is 0 Å². The summed E-state index contributed by atoms with van der Waals surface area (Å²) in [5.41, 5.74) is 1.98. The van der Waals surface area contributed by atoms with Crippen LogP contribution in [0.25, 0.3) is 0 Å². The molecule has 1 heterocycles. The van der Waals surface area contributed by atoms with Crippen molar-refractivity contribution in [2.24, 2.45) is 0 Å². The lowest BCUT2D eigenvalue weighted by Gasteiger charge is -2.31. The minimum Gasteiger partial charge on any atom is -0.478 e. The van der Waals surface area contributed by atoms with E-state index in [-0.39, 0.29) is 11.1 Å². The maximum atomic E-state index is 11.3. The van der Waals surface area contributed by atoms with Crippen LogP contribution in [0.3, 0.4) is 0 Å². The minimum absolute atomic E-state index is 0.104. The molecule has 7 nitrogen and oxygen atoms in total. The molecule has 10 heteroatoms. The molecule has 0 saturated carbocycles. The Bertz CT molecular complexity index is 1010. The van der Waals surface area contributed by atoms with Gasteiger partial charge in [-0.3, -0.25) is 0 Å². The number of hydrogen-bond acceptors (Lipinski definition) is 5. The molecule has 3 aromatic rings. The summed E-state index contributed by atoms with van der Waals surface area (Å²) in [4.78, 5) is 22.7. The lowest BCUT2D eigenvalue weighted by atomic mass is 9.61. The zero-order chi connectivity index (χ0) is 21.1. The first kappa shape index (κ1) is 20.0. The van der Waals surface area contributed by atoms with Crippen molar-refractivity contribution in [3.05, 3.63) is 90.0 Å². The van der Waals surface area contributed by atoms with Crippen LogP contribution in [0.4, 0.5) is 0 Å². The SMILES string of the molecule is O=C(O)c1cccc(B2OB(c3ccccc3)OB(c3cccc(C(=O)O)c3)O2)c1. The Hall–Kier alpha value is -3.33. The van der Waals surface area contributed by atoms with Gasteiger partial charge in [0.25, 0.3) is 0 Å². The highest BCUT2D eigenvalue weighted by Crippen LogP contribution is 2.12. The average molecular weight is 400 g/mol. The summed E-state index contributed by atoms with van der Waals surface area (Å²) >= 11 is 0. The molecular formula is C20H15B3O7. The number of carboxylic acid groups (broad SMARTS) is 2. The highest BCUT2D eigenvalue weighted by molar-refractivity contribution is 6.87. The molecule has 0 spiro atoms. The number of rotatable bonds is 5. The average Bonchev–Trinajstić information content (AvgIpc) is 2.79. The van der Waals surface area contributed by atoms with Crippen LogP contribution in [0, 0.1) is 0 Å². The largest absolute Gasteiger partial charge is 0.478 e. The van der Waals surface area contributed by atoms with Crippen LogP contribution in [0.1, 0.15) is 20.7 Å². The molecule has 3 aromatic carbocycles. The van der Waals surface area contributed by atoms with Crippen LogP contribution >= 0.6 is 0 Å². The minimum atomic E-state index is -1.06. The standard InChI is InChI=1S/C20H15B3O7/c24-19(25)14-6-4-10-17(12-14)22-28-21(16-8-2-1-3-9-16)29-23(30-22)18-11-5-7-15(13-18)20(26)27/h1-13H,(H,24,25)(H,26,27). The molecular weight excluding hydrogens is 385 g/mol. The Kier molecular flexibility index (Phi) is 5.71. The Morgan fingerprint density at radius 1 is 0.567 bits per heavy atom. The van der Waals surface area contributed by atoms with Gasteiger partial charge in [-0.25, -0.2) is 9.59 Å². The number of aromatic carboxylic acids is 2. The third kappa shape index (κ3) is 4.31. The Morgan fingerprint density at radius 3 is 1.40 bits per heavy atom. The second-order valence-electron chi connectivity index (χ2n) is 6.68. The van der Waals surface area contributed by atoms with E-state index in [0.29, 0.717) is 10.9 Å². The highest BCUT2D eigenvalue weighted by atomic mass is 16.7. The first-order valence-corrected chi connectivity index (χ1v) is 9.19. The smallest absolute Gasteiger partial charge is 0.467 e. The van der Waals surface area contributed by atoms with Crippen molar-refractivity contribution in [2.75, 3.05) is 0 Å². The normalized spacial score (nSPS) is 13.9. The molecule has 4 rings (SSSR count). The van der Waals surface area contributed by atoms with E-state index < -0.39 is 33.3 Å². The number of carboxylic acids is 2. The van der Waals surface area contributed by atoms with Crippen LogP contribution in [-0.4, -0.2) is 43.5 Å². The van der Waals surface area contributed by atoms with E-state index in [4.69, 9.17) is 13.7 Å². The molecule has 146 valence electrons. The zero-order valence-electron chi connectivity index (χ0n) is 15.7. The summed E-state index contributed by atoms with van der Waals surface area (Å²) < 4.78 is 17.9. The van der Waals surface area contributed by atoms with Crippen molar-refractivity contribution in [3.8, 4) is 0 Å².